The van der Waals surface area contributed by atoms with Crippen molar-refractivity contribution in [3.8, 4) is 0 Å². The fraction of sp³-hybridized carbons (Fsp3) is 0.611. The van der Waals surface area contributed by atoms with E-state index < -0.39 is 5.41 Å². The van der Waals surface area contributed by atoms with Crippen molar-refractivity contribution in [2.24, 2.45) is 11.3 Å². The Hall–Kier alpha value is -1.55. The number of carbonyl (C=O) groups is 1. The molecule has 2 fully saturated rings. The summed E-state index contributed by atoms with van der Waals surface area (Å²) in [5.74, 6) is 0.501. The number of hydrogen-bond donors (Lipinski definition) is 1. The Kier molecular flexibility index (Phi) is 3.19. The first-order chi connectivity index (χ1) is 10.5. The molecule has 2 bridgehead atoms. The molecule has 4 nitrogen and oxygen atoms in total. The molecule has 2 aliphatic heterocycles. The summed E-state index contributed by atoms with van der Waals surface area (Å²) < 4.78 is 5.95. The van der Waals surface area contributed by atoms with Crippen molar-refractivity contribution >= 4 is 11.7 Å². The first kappa shape index (κ1) is 14.1. The molecule has 0 spiro atoms. The van der Waals surface area contributed by atoms with Gasteiger partial charge in [0.2, 0.25) is 0 Å². The predicted molar refractivity (Wildman–Crippen MR) is 85.8 cm³/mol. The fourth-order valence-electron chi connectivity index (χ4n) is 4.32. The fourth-order valence-corrected chi connectivity index (χ4v) is 4.32. The molecule has 2 heterocycles. The van der Waals surface area contributed by atoms with Crippen LogP contribution < -0.4 is 5.32 Å². The van der Waals surface area contributed by atoms with Crippen LogP contribution >= 0.6 is 0 Å². The second-order valence-corrected chi connectivity index (χ2v) is 7.52. The molecule has 1 N–H and O–H groups in total. The van der Waals surface area contributed by atoms with Gasteiger partial charge in [-0.3, -0.25) is 4.79 Å². The summed E-state index contributed by atoms with van der Waals surface area (Å²) >= 11 is 0. The number of likely N-dealkylation sites (tertiary alicyclic amines) is 1. The number of nitrogens with zero attached hydrogens (tertiary/aromatic N) is 1. The van der Waals surface area contributed by atoms with Gasteiger partial charge in [0.25, 0.3) is 0 Å². The van der Waals surface area contributed by atoms with Crippen LogP contribution in [0.5, 0.6) is 0 Å². The van der Waals surface area contributed by atoms with Gasteiger partial charge in [-0.25, -0.2) is 0 Å². The van der Waals surface area contributed by atoms with E-state index in [1.165, 1.54) is 12.0 Å². The van der Waals surface area contributed by atoms with Crippen molar-refractivity contribution in [1.29, 1.82) is 0 Å². The lowest BCUT2D eigenvalue weighted by Crippen LogP contribution is -2.45. The van der Waals surface area contributed by atoms with Gasteiger partial charge in [0.15, 0.2) is 0 Å². The predicted octanol–water partition coefficient (Wildman–Crippen LogP) is 2.30. The van der Waals surface area contributed by atoms with Crippen LogP contribution in [0.25, 0.3) is 0 Å². The molecule has 4 heteroatoms. The lowest BCUT2D eigenvalue weighted by molar-refractivity contribution is -0.163. The van der Waals surface area contributed by atoms with E-state index in [1.807, 2.05) is 19.1 Å². The molecule has 4 unspecified atom stereocenters. The molecule has 118 valence electrons. The third kappa shape index (κ3) is 2.21. The van der Waals surface area contributed by atoms with E-state index >= 15 is 0 Å². The van der Waals surface area contributed by atoms with E-state index in [2.05, 4.69) is 29.4 Å². The van der Waals surface area contributed by atoms with E-state index in [4.69, 9.17) is 4.74 Å². The maximum atomic E-state index is 12.8. The highest BCUT2D eigenvalue weighted by atomic mass is 16.5. The monoisotopic (exact) mass is 300 g/mol. The molecule has 4 atom stereocenters. The SMILES string of the molecule is CN1CC2CC1CC2OC(=O)C1(C)CNc2ccccc2C1. The van der Waals surface area contributed by atoms with Gasteiger partial charge >= 0.3 is 5.97 Å². The lowest BCUT2D eigenvalue weighted by Gasteiger charge is -2.36. The van der Waals surface area contributed by atoms with E-state index in [1.54, 1.807) is 0 Å². The number of rotatable bonds is 2. The minimum absolute atomic E-state index is 0.0327. The summed E-state index contributed by atoms with van der Waals surface area (Å²) in [6, 6.07) is 8.84. The van der Waals surface area contributed by atoms with Crippen molar-refractivity contribution in [3.05, 3.63) is 29.8 Å². The molecule has 3 aliphatic rings. The van der Waals surface area contributed by atoms with Gasteiger partial charge in [-0.05, 0) is 38.4 Å². The summed E-state index contributed by atoms with van der Waals surface area (Å²) in [5.41, 5.74) is 1.90. The molecular weight excluding hydrogens is 276 g/mol. The van der Waals surface area contributed by atoms with E-state index in [0.29, 0.717) is 18.5 Å². The Labute approximate surface area is 131 Å². The van der Waals surface area contributed by atoms with Crippen LogP contribution in [0.2, 0.25) is 0 Å². The topological polar surface area (TPSA) is 41.6 Å². The summed E-state index contributed by atoms with van der Waals surface area (Å²) in [6.07, 6.45) is 3.08. The zero-order chi connectivity index (χ0) is 15.3. The summed E-state index contributed by atoms with van der Waals surface area (Å²) in [4.78, 5) is 15.2. The van der Waals surface area contributed by atoms with Gasteiger partial charge < -0.3 is 15.0 Å². The van der Waals surface area contributed by atoms with Crippen molar-refractivity contribution in [2.45, 2.75) is 38.3 Å². The second kappa shape index (κ2) is 4.98. The van der Waals surface area contributed by atoms with E-state index in [0.717, 1.165) is 25.1 Å². The second-order valence-electron chi connectivity index (χ2n) is 7.52. The van der Waals surface area contributed by atoms with Crippen LogP contribution in [0.3, 0.4) is 0 Å². The third-order valence-corrected chi connectivity index (χ3v) is 5.77. The summed E-state index contributed by atoms with van der Waals surface area (Å²) in [6.45, 7) is 3.75. The molecule has 4 rings (SSSR count). The maximum absolute atomic E-state index is 12.8. The third-order valence-electron chi connectivity index (χ3n) is 5.77. The van der Waals surface area contributed by atoms with Crippen molar-refractivity contribution in [2.75, 3.05) is 25.5 Å². The number of para-hydroxylation sites is 1. The number of piperidine rings is 1. The van der Waals surface area contributed by atoms with Crippen LogP contribution in [0.4, 0.5) is 5.69 Å². The number of anilines is 1. The van der Waals surface area contributed by atoms with Crippen molar-refractivity contribution in [1.82, 2.24) is 4.90 Å². The maximum Gasteiger partial charge on any atom is 0.314 e. The Bertz CT molecular complexity index is 601. The molecule has 0 aromatic heterocycles. The highest BCUT2D eigenvalue weighted by molar-refractivity contribution is 5.79. The smallest absolute Gasteiger partial charge is 0.314 e. The van der Waals surface area contributed by atoms with Gasteiger partial charge in [0, 0.05) is 37.2 Å². The van der Waals surface area contributed by atoms with E-state index in [-0.39, 0.29) is 12.1 Å². The number of carbonyl (C=O) groups excluding carboxylic acids is 1. The molecular formula is C18H24N2O2. The first-order valence-corrected chi connectivity index (χ1v) is 8.28. The molecule has 0 radical (unpaired) electrons. The van der Waals surface area contributed by atoms with Crippen LogP contribution in [0.15, 0.2) is 24.3 Å². The Morgan fingerprint density at radius 1 is 1.36 bits per heavy atom. The Morgan fingerprint density at radius 2 is 2.18 bits per heavy atom. The number of nitrogens with one attached hydrogen (secondary N) is 1. The zero-order valence-electron chi connectivity index (χ0n) is 13.3. The van der Waals surface area contributed by atoms with Gasteiger partial charge in [-0.1, -0.05) is 18.2 Å². The molecule has 1 saturated carbocycles. The minimum atomic E-state index is -0.456. The zero-order valence-corrected chi connectivity index (χ0v) is 13.3. The summed E-state index contributed by atoms with van der Waals surface area (Å²) in [5, 5.41) is 3.39. The number of hydrogen-bond acceptors (Lipinski definition) is 4. The molecule has 1 aromatic rings. The van der Waals surface area contributed by atoms with Crippen LogP contribution in [0.1, 0.15) is 25.3 Å². The van der Waals surface area contributed by atoms with E-state index in [9.17, 15) is 4.79 Å². The average molecular weight is 300 g/mol. The molecule has 22 heavy (non-hydrogen) atoms. The number of esters is 1. The standard InChI is InChI=1S/C18H24N2O2/c1-18(9-12-5-3-4-6-15(12)19-11-18)17(21)22-16-8-14-7-13(16)10-20(14)2/h3-6,13-14,16,19H,7-11H2,1-2H3. The number of benzene rings is 1. The number of fused-ring (bicyclic) bond motifs is 3. The van der Waals surface area contributed by atoms with Gasteiger partial charge in [0.1, 0.15) is 6.10 Å². The normalized spacial score (nSPS) is 36.7. The van der Waals surface area contributed by atoms with Crippen molar-refractivity contribution < 1.29 is 9.53 Å². The summed E-state index contributed by atoms with van der Waals surface area (Å²) in [7, 11) is 2.17. The lowest BCUT2D eigenvalue weighted by atomic mass is 9.80. The highest BCUT2D eigenvalue weighted by Crippen LogP contribution is 2.40. The average Bonchev–Trinajstić information content (AvgIpc) is 3.06. The van der Waals surface area contributed by atoms with Crippen LogP contribution in [-0.2, 0) is 16.0 Å². The molecule has 1 aromatic carbocycles. The number of ether oxygens (including phenoxy) is 1. The molecule has 1 saturated heterocycles. The van der Waals surface area contributed by atoms with Gasteiger partial charge in [-0.2, -0.15) is 0 Å². The Morgan fingerprint density at radius 3 is 2.91 bits per heavy atom. The quantitative estimate of drug-likeness (QED) is 0.851. The Balaban J connectivity index is 1.45. The first-order valence-electron chi connectivity index (χ1n) is 8.28. The van der Waals surface area contributed by atoms with Gasteiger partial charge in [-0.15, -0.1) is 0 Å². The van der Waals surface area contributed by atoms with Gasteiger partial charge in [0.05, 0.1) is 5.41 Å². The highest BCUT2D eigenvalue weighted by Gasteiger charge is 2.47. The largest absolute Gasteiger partial charge is 0.461 e. The molecule has 1 aliphatic carbocycles. The van der Waals surface area contributed by atoms with Crippen molar-refractivity contribution in [3.63, 3.8) is 0 Å². The molecule has 0 amide bonds. The van der Waals surface area contributed by atoms with Crippen LogP contribution in [0, 0.1) is 11.3 Å². The van der Waals surface area contributed by atoms with Crippen LogP contribution in [-0.4, -0.2) is 43.2 Å². The minimum Gasteiger partial charge on any atom is -0.461 e.